The van der Waals surface area contributed by atoms with Crippen molar-refractivity contribution in [3.05, 3.63) is 33.5 Å². The molecule has 0 radical (unpaired) electrons. The highest BCUT2D eigenvalue weighted by molar-refractivity contribution is 9.10. The van der Waals surface area contributed by atoms with E-state index in [0.717, 1.165) is 29.3 Å². The van der Waals surface area contributed by atoms with Gasteiger partial charge >= 0.3 is 0 Å². The predicted octanol–water partition coefficient (Wildman–Crippen LogP) is 4.52. The number of nitrogens with zero attached hydrogens (tertiary/aromatic N) is 2. The van der Waals surface area contributed by atoms with Crippen LogP contribution in [0.1, 0.15) is 38.4 Å². The van der Waals surface area contributed by atoms with Crippen LogP contribution in [0, 0.1) is 5.92 Å². The lowest BCUT2D eigenvalue weighted by atomic mass is 9.76. The van der Waals surface area contributed by atoms with Gasteiger partial charge in [0.05, 0.1) is 16.1 Å². The van der Waals surface area contributed by atoms with Gasteiger partial charge in [0.15, 0.2) is 5.82 Å². The van der Waals surface area contributed by atoms with Crippen LogP contribution in [-0.2, 0) is 5.54 Å². The molecule has 0 spiro atoms. The van der Waals surface area contributed by atoms with Crippen LogP contribution in [-0.4, -0.2) is 10.1 Å². The predicted molar refractivity (Wildman–Crippen MR) is 85.9 cm³/mol. The van der Waals surface area contributed by atoms with Gasteiger partial charge in [-0.1, -0.05) is 52.5 Å². The fourth-order valence-corrected chi connectivity index (χ4v) is 3.75. The first-order chi connectivity index (χ1) is 9.98. The lowest BCUT2D eigenvalue weighted by Gasteiger charge is -2.33. The summed E-state index contributed by atoms with van der Waals surface area (Å²) in [6.07, 6.45) is 4.09. The molecule has 1 fully saturated rings. The van der Waals surface area contributed by atoms with Gasteiger partial charge in [-0.05, 0) is 37.0 Å². The van der Waals surface area contributed by atoms with E-state index in [1.165, 1.54) is 6.42 Å². The molecular weight excluding hydrogens is 354 g/mol. The average molecular weight is 371 g/mol. The summed E-state index contributed by atoms with van der Waals surface area (Å²) in [6.45, 7) is 2.22. The molecule has 1 aliphatic rings. The van der Waals surface area contributed by atoms with Crippen LogP contribution in [0.2, 0.25) is 5.02 Å². The Morgan fingerprint density at radius 3 is 3.00 bits per heavy atom. The van der Waals surface area contributed by atoms with Crippen molar-refractivity contribution < 1.29 is 4.52 Å². The van der Waals surface area contributed by atoms with Crippen LogP contribution < -0.4 is 5.73 Å². The van der Waals surface area contributed by atoms with Crippen molar-refractivity contribution in [2.24, 2.45) is 11.7 Å². The summed E-state index contributed by atoms with van der Waals surface area (Å²) in [5, 5.41) is 4.68. The Kier molecular flexibility index (Phi) is 4.08. The molecule has 1 aromatic carbocycles. The van der Waals surface area contributed by atoms with Crippen LogP contribution >= 0.6 is 27.5 Å². The van der Waals surface area contributed by atoms with Crippen LogP contribution in [0.25, 0.3) is 11.5 Å². The molecule has 0 bridgehead atoms. The minimum absolute atomic E-state index is 0.422. The number of hydrogen-bond donors (Lipinski definition) is 1. The van der Waals surface area contributed by atoms with Crippen molar-refractivity contribution in [3.8, 4) is 11.5 Å². The highest BCUT2D eigenvalue weighted by Crippen LogP contribution is 2.37. The van der Waals surface area contributed by atoms with E-state index in [9.17, 15) is 0 Å². The van der Waals surface area contributed by atoms with E-state index in [4.69, 9.17) is 21.9 Å². The second-order valence-electron chi connectivity index (χ2n) is 5.90. The first-order valence-electron chi connectivity index (χ1n) is 7.06. The second kappa shape index (κ2) is 5.71. The van der Waals surface area contributed by atoms with E-state index in [2.05, 4.69) is 33.0 Å². The van der Waals surface area contributed by atoms with Gasteiger partial charge in [-0.25, -0.2) is 0 Å². The molecule has 1 heterocycles. The molecule has 1 aromatic heterocycles. The normalized spacial score (nSPS) is 26.0. The molecule has 2 unspecified atom stereocenters. The molecule has 112 valence electrons. The van der Waals surface area contributed by atoms with Crippen LogP contribution in [0.4, 0.5) is 0 Å². The van der Waals surface area contributed by atoms with Crippen molar-refractivity contribution in [1.29, 1.82) is 0 Å². The van der Waals surface area contributed by atoms with Crippen molar-refractivity contribution in [3.63, 3.8) is 0 Å². The van der Waals surface area contributed by atoms with E-state index in [1.54, 1.807) is 0 Å². The summed E-state index contributed by atoms with van der Waals surface area (Å²) >= 11 is 9.61. The molecule has 2 aromatic rings. The average Bonchev–Trinajstić information content (AvgIpc) is 2.88. The first-order valence-corrected chi connectivity index (χ1v) is 8.23. The summed E-state index contributed by atoms with van der Waals surface area (Å²) in [5.41, 5.74) is 6.74. The lowest BCUT2D eigenvalue weighted by molar-refractivity contribution is 0.222. The minimum atomic E-state index is -0.485. The molecule has 2 atom stereocenters. The summed E-state index contributed by atoms with van der Waals surface area (Å²) in [7, 11) is 0. The summed E-state index contributed by atoms with van der Waals surface area (Å²) < 4.78 is 6.29. The topological polar surface area (TPSA) is 64.9 Å². The number of aromatic nitrogens is 2. The zero-order valence-electron chi connectivity index (χ0n) is 11.8. The molecule has 0 amide bonds. The molecular formula is C15H17BrClN3O. The number of nitrogens with two attached hydrogens (primary N) is 1. The van der Waals surface area contributed by atoms with Gasteiger partial charge in [0, 0.05) is 4.47 Å². The Hall–Kier alpha value is -0.910. The number of rotatable bonds is 2. The van der Waals surface area contributed by atoms with Crippen LogP contribution in [0.3, 0.4) is 0 Å². The molecule has 21 heavy (non-hydrogen) atoms. The van der Waals surface area contributed by atoms with Gasteiger partial charge in [-0.3, -0.25) is 0 Å². The Morgan fingerprint density at radius 1 is 1.48 bits per heavy atom. The summed E-state index contributed by atoms with van der Waals surface area (Å²) in [5.74, 6) is 1.59. The third kappa shape index (κ3) is 3.00. The van der Waals surface area contributed by atoms with E-state index in [-0.39, 0.29) is 0 Å². The van der Waals surface area contributed by atoms with Crippen molar-refractivity contribution >= 4 is 27.5 Å². The van der Waals surface area contributed by atoms with Crippen molar-refractivity contribution in [2.75, 3.05) is 0 Å². The number of benzene rings is 1. The largest absolute Gasteiger partial charge is 0.334 e. The minimum Gasteiger partial charge on any atom is -0.334 e. The standard InChI is InChI=1S/C15H17BrClN3O/c1-9-3-2-6-15(18,8-9)14-19-13(21-20-14)11-5-4-10(16)7-12(11)17/h4-5,7,9H,2-3,6,8,18H2,1H3. The van der Waals surface area contributed by atoms with Gasteiger partial charge in [0.25, 0.3) is 5.89 Å². The van der Waals surface area contributed by atoms with Gasteiger partial charge in [-0.2, -0.15) is 4.98 Å². The first kappa shape index (κ1) is 15.0. The lowest BCUT2D eigenvalue weighted by Crippen LogP contribution is -2.42. The number of halogens is 2. The maximum absolute atomic E-state index is 6.50. The Bertz CT molecular complexity index is 660. The molecule has 1 aliphatic carbocycles. The molecule has 0 aliphatic heterocycles. The number of hydrogen-bond acceptors (Lipinski definition) is 4. The third-order valence-corrected chi connectivity index (χ3v) is 4.87. The molecule has 4 nitrogen and oxygen atoms in total. The zero-order valence-corrected chi connectivity index (χ0v) is 14.1. The molecule has 2 N–H and O–H groups in total. The van der Waals surface area contributed by atoms with Gasteiger partial charge in [0.2, 0.25) is 0 Å². The Morgan fingerprint density at radius 2 is 2.29 bits per heavy atom. The van der Waals surface area contributed by atoms with Crippen LogP contribution in [0.15, 0.2) is 27.2 Å². The molecule has 3 rings (SSSR count). The Balaban J connectivity index is 1.92. The maximum Gasteiger partial charge on any atom is 0.259 e. The van der Waals surface area contributed by atoms with Crippen LogP contribution in [0.5, 0.6) is 0 Å². The second-order valence-corrected chi connectivity index (χ2v) is 7.23. The van der Waals surface area contributed by atoms with Crippen molar-refractivity contribution in [1.82, 2.24) is 10.1 Å². The summed E-state index contributed by atoms with van der Waals surface area (Å²) in [4.78, 5) is 4.50. The van der Waals surface area contributed by atoms with E-state index < -0.39 is 5.54 Å². The van der Waals surface area contributed by atoms with E-state index >= 15 is 0 Å². The van der Waals surface area contributed by atoms with Gasteiger partial charge in [0.1, 0.15) is 0 Å². The SMILES string of the molecule is CC1CCCC(N)(c2noc(-c3ccc(Br)cc3Cl)n2)C1. The van der Waals surface area contributed by atoms with Crippen molar-refractivity contribution in [2.45, 2.75) is 38.1 Å². The fourth-order valence-electron chi connectivity index (χ4n) is 2.99. The van der Waals surface area contributed by atoms with Gasteiger partial charge < -0.3 is 10.3 Å². The third-order valence-electron chi connectivity index (χ3n) is 4.07. The molecule has 6 heteroatoms. The zero-order chi connectivity index (χ0) is 15.0. The van der Waals surface area contributed by atoms with E-state index in [0.29, 0.717) is 22.7 Å². The quantitative estimate of drug-likeness (QED) is 0.844. The van der Waals surface area contributed by atoms with Gasteiger partial charge in [-0.15, -0.1) is 0 Å². The fraction of sp³-hybridized carbons (Fsp3) is 0.467. The summed E-state index contributed by atoms with van der Waals surface area (Å²) in [6, 6.07) is 5.56. The monoisotopic (exact) mass is 369 g/mol. The maximum atomic E-state index is 6.50. The molecule has 1 saturated carbocycles. The highest BCUT2D eigenvalue weighted by atomic mass is 79.9. The highest BCUT2D eigenvalue weighted by Gasteiger charge is 2.37. The Labute approximate surface area is 137 Å². The molecule has 0 saturated heterocycles. The smallest absolute Gasteiger partial charge is 0.259 e. The van der Waals surface area contributed by atoms with E-state index in [1.807, 2.05) is 18.2 Å².